The average Bonchev–Trinajstić information content (AvgIpc) is 3.32. The van der Waals surface area contributed by atoms with E-state index < -0.39 is 11.1 Å². The van der Waals surface area contributed by atoms with E-state index in [0.29, 0.717) is 38.5 Å². The number of thioether (sulfide) groups is 1. The summed E-state index contributed by atoms with van der Waals surface area (Å²) in [4.78, 5) is 28.9. The number of rotatable bonds is 5. The van der Waals surface area contributed by atoms with E-state index in [2.05, 4.69) is 17.3 Å². The Labute approximate surface area is 192 Å². The number of nitrogens with zero attached hydrogens (tertiary/aromatic N) is 4. The Kier molecular flexibility index (Phi) is 5.43. The van der Waals surface area contributed by atoms with Crippen LogP contribution >= 0.6 is 11.8 Å². The quantitative estimate of drug-likeness (QED) is 0.461. The average molecular weight is 462 g/mol. The minimum Gasteiger partial charge on any atom is -0.456 e. The zero-order valence-electron chi connectivity index (χ0n) is 17.6. The molecule has 1 atom stereocenters. The van der Waals surface area contributed by atoms with Crippen molar-refractivity contribution in [2.45, 2.75) is 19.5 Å². The SMILES string of the molecule is CCCSC1=NN2C(=c3ccccc3=N[C@@H]2c2ccc(-c3ccccc3[N+](=O)[O-])o2)C(=O)N1. The molecule has 3 heterocycles. The third-order valence-electron chi connectivity index (χ3n) is 5.21. The Balaban J connectivity index is 1.62. The third kappa shape index (κ3) is 3.78. The fourth-order valence-corrected chi connectivity index (χ4v) is 4.46. The number of nitro benzene ring substituents is 1. The monoisotopic (exact) mass is 461 g/mol. The molecule has 10 heteroatoms. The topological polar surface area (TPSA) is 113 Å². The number of furan rings is 1. The molecule has 1 aromatic heterocycles. The van der Waals surface area contributed by atoms with Crippen LogP contribution in [0.2, 0.25) is 0 Å². The van der Waals surface area contributed by atoms with Gasteiger partial charge in [0.15, 0.2) is 10.9 Å². The number of hydrogen-bond donors (Lipinski definition) is 1. The van der Waals surface area contributed by atoms with Crippen molar-refractivity contribution in [2.24, 2.45) is 10.1 Å². The van der Waals surface area contributed by atoms with Gasteiger partial charge < -0.3 is 4.42 Å². The van der Waals surface area contributed by atoms with Crippen molar-refractivity contribution in [3.05, 3.63) is 87.1 Å². The van der Waals surface area contributed by atoms with Crippen LogP contribution in [0.4, 0.5) is 5.69 Å². The van der Waals surface area contributed by atoms with Crippen molar-refractivity contribution in [2.75, 3.05) is 5.75 Å². The minimum absolute atomic E-state index is 0.0507. The van der Waals surface area contributed by atoms with E-state index in [-0.39, 0.29) is 11.6 Å². The van der Waals surface area contributed by atoms with Crippen LogP contribution in [0.15, 0.2) is 75.2 Å². The Morgan fingerprint density at radius 2 is 1.94 bits per heavy atom. The molecule has 3 aromatic rings. The molecule has 2 aliphatic heterocycles. The molecule has 166 valence electrons. The van der Waals surface area contributed by atoms with E-state index in [9.17, 15) is 14.9 Å². The van der Waals surface area contributed by atoms with Gasteiger partial charge in [-0.25, -0.2) is 10.0 Å². The van der Waals surface area contributed by atoms with Crippen LogP contribution in [0, 0.1) is 10.1 Å². The Morgan fingerprint density at radius 3 is 2.76 bits per heavy atom. The second kappa shape index (κ2) is 8.55. The predicted molar refractivity (Wildman–Crippen MR) is 124 cm³/mol. The lowest BCUT2D eigenvalue weighted by Gasteiger charge is -2.32. The highest BCUT2D eigenvalue weighted by Crippen LogP contribution is 2.36. The molecular weight excluding hydrogens is 442 g/mol. The predicted octanol–water partition coefficient (Wildman–Crippen LogP) is 3.14. The van der Waals surface area contributed by atoms with Gasteiger partial charge in [0, 0.05) is 17.0 Å². The van der Waals surface area contributed by atoms with Crippen LogP contribution in [0.1, 0.15) is 25.3 Å². The van der Waals surface area contributed by atoms with Gasteiger partial charge in [0.2, 0.25) is 6.17 Å². The molecule has 9 nitrogen and oxygen atoms in total. The van der Waals surface area contributed by atoms with Gasteiger partial charge in [-0.2, -0.15) is 0 Å². The van der Waals surface area contributed by atoms with Crippen molar-refractivity contribution < 1.29 is 14.1 Å². The summed E-state index contributed by atoms with van der Waals surface area (Å²) in [6, 6.07) is 17.1. The van der Waals surface area contributed by atoms with Crippen molar-refractivity contribution in [1.82, 2.24) is 10.3 Å². The molecule has 1 N–H and O–H groups in total. The van der Waals surface area contributed by atoms with Gasteiger partial charge >= 0.3 is 0 Å². The van der Waals surface area contributed by atoms with E-state index in [1.165, 1.54) is 17.8 Å². The van der Waals surface area contributed by atoms with E-state index in [1.54, 1.807) is 35.3 Å². The van der Waals surface area contributed by atoms with Crippen LogP contribution in [-0.4, -0.2) is 26.8 Å². The second-order valence-corrected chi connectivity index (χ2v) is 8.48. The maximum atomic E-state index is 13.1. The van der Waals surface area contributed by atoms with Crippen LogP contribution in [-0.2, 0) is 4.79 Å². The highest BCUT2D eigenvalue weighted by atomic mass is 32.2. The number of carbonyl (C=O) groups is 1. The molecule has 0 saturated carbocycles. The number of fused-ring (bicyclic) bond motifs is 2. The first kappa shape index (κ1) is 21.0. The fraction of sp³-hybridized carbons (Fsp3) is 0.174. The fourth-order valence-electron chi connectivity index (χ4n) is 3.75. The molecule has 5 rings (SSSR count). The summed E-state index contributed by atoms with van der Waals surface area (Å²) in [6.45, 7) is 2.05. The number of amides is 1. The third-order valence-corrected chi connectivity index (χ3v) is 6.28. The van der Waals surface area contributed by atoms with Crippen molar-refractivity contribution in [3.63, 3.8) is 0 Å². The highest BCUT2D eigenvalue weighted by Gasteiger charge is 2.36. The Hall–Kier alpha value is -3.92. The molecule has 0 radical (unpaired) electrons. The zero-order chi connectivity index (χ0) is 22.9. The molecule has 33 heavy (non-hydrogen) atoms. The summed E-state index contributed by atoms with van der Waals surface area (Å²) in [6.07, 6.45) is 0.208. The first-order chi connectivity index (χ1) is 16.1. The largest absolute Gasteiger partial charge is 0.456 e. The normalized spacial score (nSPS) is 16.9. The molecule has 0 unspecified atom stereocenters. The van der Waals surface area contributed by atoms with E-state index >= 15 is 0 Å². The van der Waals surface area contributed by atoms with Crippen LogP contribution < -0.4 is 15.9 Å². The molecule has 0 aliphatic carbocycles. The summed E-state index contributed by atoms with van der Waals surface area (Å²) in [5.74, 6) is 1.32. The lowest BCUT2D eigenvalue weighted by Crippen LogP contribution is -2.50. The number of hydrogen-bond acceptors (Lipinski definition) is 8. The molecule has 1 amide bonds. The molecule has 0 bridgehead atoms. The number of para-hydroxylation sites is 2. The Morgan fingerprint density at radius 1 is 1.15 bits per heavy atom. The summed E-state index contributed by atoms with van der Waals surface area (Å²) < 4.78 is 6.05. The van der Waals surface area contributed by atoms with Gasteiger partial charge in [0.05, 0.1) is 15.8 Å². The van der Waals surface area contributed by atoms with Crippen molar-refractivity contribution in [3.8, 4) is 11.3 Å². The molecule has 0 saturated heterocycles. The number of amidine groups is 1. The zero-order valence-corrected chi connectivity index (χ0v) is 18.4. The molecule has 0 spiro atoms. The van der Waals surface area contributed by atoms with Crippen LogP contribution in [0.25, 0.3) is 17.0 Å². The van der Waals surface area contributed by atoms with Crippen LogP contribution in [0.3, 0.4) is 0 Å². The summed E-state index contributed by atoms with van der Waals surface area (Å²) in [5.41, 5.74) is 0.702. The van der Waals surface area contributed by atoms with Gasteiger partial charge in [0.1, 0.15) is 11.5 Å². The molecule has 2 aromatic carbocycles. The molecule has 2 aliphatic rings. The smallest absolute Gasteiger partial charge is 0.280 e. The van der Waals surface area contributed by atoms with Gasteiger partial charge in [-0.3, -0.25) is 20.2 Å². The lowest BCUT2D eigenvalue weighted by atomic mass is 10.1. The van der Waals surface area contributed by atoms with E-state index in [4.69, 9.17) is 9.41 Å². The maximum Gasteiger partial charge on any atom is 0.280 e. The number of benzene rings is 2. The van der Waals surface area contributed by atoms with Crippen LogP contribution in [0.5, 0.6) is 0 Å². The maximum absolute atomic E-state index is 13.1. The van der Waals surface area contributed by atoms with Crippen molar-refractivity contribution in [1.29, 1.82) is 0 Å². The van der Waals surface area contributed by atoms with E-state index in [0.717, 1.165) is 12.2 Å². The van der Waals surface area contributed by atoms with Gasteiger partial charge in [-0.05, 0) is 30.7 Å². The Bertz CT molecular complexity index is 1410. The first-order valence-corrected chi connectivity index (χ1v) is 11.4. The summed E-state index contributed by atoms with van der Waals surface area (Å²) in [5, 5.41) is 22.4. The lowest BCUT2D eigenvalue weighted by molar-refractivity contribution is -0.384. The van der Waals surface area contributed by atoms with Gasteiger partial charge in [-0.15, -0.1) is 5.10 Å². The summed E-state index contributed by atoms with van der Waals surface area (Å²) in [7, 11) is 0. The van der Waals surface area contributed by atoms with Crippen molar-refractivity contribution >= 4 is 34.2 Å². The first-order valence-electron chi connectivity index (χ1n) is 10.4. The van der Waals surface area contributed by atoms with E-state index in [1.807, 2.05) is 24.3 Å². The standard InChI is InChI=1S/C23H19N5O4S/c1-2-13-33-23-25-22(29)20-14-7-3-5-9-16(14)24-21(27(20)26-23)19-12-11-18(32-19)15-8-4-6-10-17(15)28(30)31/h3-12,21H,2,13H2,1H3,(H,25,26,29)/t21-/m0/s1. The number of nitro groups is 1. The number of hydrazone groups is 1. The van der Waals surface area contributed by atoms with Gasteiger partial charge in [-0.1, -0.05) is 49.0 Å². The number of nitrogens with one attached hydrogen (secondary N) is 1. The number of carbonyl (C=O) groups excluding carboxylic acids is 1. The van der Waals surface area contributed by atoms with Gasteiger partial charge in [0.25, 0.3) is 11.6 Å². The summed E-state index contributed by atoms with van der Waals surface area (Å²) >= 11 is 1.46. The highest BCUT2D eigenvalue weighted by molar-refractivity contribution is 8.13. The molecule has 0 fully saturated rings. The second-order valence-electron chi connectivity index (χ2n) is 7.40. The molecular formula is C23H19N5O4S. The minimum atomic E-state index is -0.727.